The van der Waals surface area contributed by atoms with E-state index in [0.717, 1.165) is 23.1 Å². The van der Waals surface area contributed by atoms with Crippen molar-refractivity contribution in [3.63, 3.8) is 0 Å². The maximum atomic E-state index is 8.67. The van der Waals surface area contributed by atoms with E-state index in [1.165, 1.54) is 0 Å². The Morgan fingerprint density at radius 2 is 2.13 bits per heavy atom. The number of hydrogen-bond donors (Lipinski definition) is 1. The molecule has 1 rings (SSSR count). The molecule has 3 nitrogen and oxygen atoms in total. The lowest BCUT2D eigenvalue weighted by Crippen LogP contribution is -2.01. The highest BCUT2D eigenvalue weighted by atomic mass is 79.9. The third kappa shape index (κ3) is 3.61. The summed E-state index contributed by atoms with van der Waals surface area (Å²) in [4.78, 5) is 0. The summed E-state index contributed by atoms with van der Waals surface area (Å²) in [5.41, 5.74) is 1.58. The summed E-state index contributed by atoms with van der Waals surface area (Å²) in [7, 11) is 0. The number of benzene rings is 1. The summed E-state index contributed by atoms with van der Waals surface area (Å²) in [6.45, 7) is 0.762. The molecular formula is C11H10BrN3. The Kier molecular flexibility index (Phi) is 4.66. The van der Waals surface area contributed by atoms with Crippen LogP contribution in [0.2, 0.25) is 0 Å². The van der Waals surface area contributed by atoms with Gasteiger partial charge in [-0.25, -0.2) is 0 Å². The van der Waals surface area contributed by atoms with Gasteiger partial charge in [0.2, 0.25) is 0 Å². The summed E-state index contributed by atoms with van der Waals surface area (Å²) in [6.07, 6.45) is 1.38. The summed E-state index contributed by atoms with van der Waals surface area (Å²) in [5.74, 6) is 0. The van der Waals surface area contributed by atoms with Crippen molar-refractivity contribution >= 4 is 21.6 Å². The molecule has 0 aromatic heterocycles. The molecular weight excluding hydrogens is 254 g/mol. The minimum atomic E-state index is 0.556. The quantitative estimate of drug-likeness (QED) is 0.850. The molecule has 1 N–H and O–H groups in total. The van der Waals surface area contributed by atoms with E-state index in [-0.39, 0.29) is 0 Å². The van der Waals surface area contributed by atoms with Crippen LogP contribution in [0, 0.1) is 22.7 Å². The SMILES string of the molecule is N#CCCCNc1ccc(C#N)cc1Br. The number of nitriles is 2. The lowest BCUT2D eigenvalue weighted by Gasteiger charge is -2.07. The van der Waals surface area contributed by atoms with E-state index in [2.05, 4.69) is 33.4 Å². The van der Waals surface area contributed by atoms with E-state index in [9.17, 15) is 0 Å². The number of unbranched alkanes of at least 4 members (excludes halogenated alkanes) is 1. The molecule has 0 atom stereocenters. The second-order valence-electron chi connectivity index (χ2n) is 2.99. The van der Waals surface area contributed by atoms with Crippen LogP contribution in [0.4, 0.5) is 5.69 Å². The van der Waals surface area contributed by atoms with Crippen LogP contribution in [0.15, 0.2) is 22.7 Å². The van der Waals surface area contributed by atoms with E-state index in [1.54, 1.807) is 12.1 Å². The van der Waals surface area contributed by atoms with E-state index in [4.69, 9.17) is 10.5 Å². The van der Waals surface area contributed by atoms with Crippen molar-refractivity contribution in [2.45, 2.75) is 12.8 Å². The smallest absolute Gasteiger partial charge is 0.0992 e. The Morgan fingerprint density at radius 3 is 2.73 bits per heavy atom. The second-order valence-corrected chi connectivity index (χ2v) is 3.85. The molecule has 0 radical (unpaired) electrons. The topological polar surface area (TPSA) is 59.6 Å². The number of nitrogens with one attached hydrogen (secondary N) is 1. The van der Waals surface area contributed by atoms with Gasteiger partial charge in [-0.3, -0.25) is 0 Å². The highest BCUT2D eigenvalue weighted by molar-refractivity contribution is 9.10. The predicted molar refractivity (Wildman–Crippen MR) is 62.2 cm³/mol. The minimum absolute atomic E-state index is 0.556. The Hall–Kier alpha value is -1.52. The molecule has 1 aromatic rings. The van der Waals surface area contributed by atoms with Gasteiger partial charge in [0.25, 0.3) is 0 Å². The van der Waals surface area contributed by atoms with Crippen LogP contribution in [0.3, 0.4) is 0 Å². The molecule has 0 heterocycles. The van der Waals surface area contributed by atoms with Crippen molar-refractivity contribution in [3.8, 4) is 12.1 Å². The maximum Gasteiger partial charge on any atom is 0.0992 e. The molecule has 0 unspecified atom stereocenters. The zero-order valence-corrected chi connectivity index (χ0v) is 9.71. The fourth-order valence-electron chi connectivity index (χ4n) is 1.12. The molecule has 0 aliphatic heterocycles. The van der Waals surface area contributed by atoms with Crippen LogP contribution in [0.5, 0.6) is 0 Å². The standard InChI is InChI=1S/C11H10BrN3/c12-10-7-9(8-14)3-4-11(10)15-6-2-1-5-13/h3-4,7,15H,1-2,6H2. The van der Waals surface area contributed by atoms with Crippen LogP contribution in [-0.2, 0) is 0 Å². The third-order valence-electron chi connectivity index (χ3n) is 1.88. The van der Waals surface area contributed by atoms with E-state index >= 15 is 0 Å². The Morgan fingerprint density at radius 1 is 1.33 bits per heavy atom. The average molecular weight is 264 g/mol. The van der Waals surface area contributed by atoms with Crippen LogP contribution in [0.25, 0.3) is 0 Å². The van der Waals surface area contributed by atoms with Gasteiger partial charge in [-0.15, -0.1) is 0 Å². The van der Waals surface area contributed by atoms with Gasteiger partial charge in [-0.05, 0) is 40.5 Å². The van der Waals surface area contributed by atoms with Gasteiger partial charge in [-0.2, -0.15) is 10.5 Å². The third-order valence-corrected chi connectivity index (χ3v) is 2.54. The first kappa shape index (κ1) is 11.6. The highest BCUT2D eigenvalue weighted by Gasteiger charge is 1.99. The van der Waals surface area contributed by atoms with Gasteiger partial charge in [0.05, 0.1) is 17.7 Å². The van der Waals surface area contributed by atoms with Gasteiger partial charge in [0.15, 0.2) is 0 Å². The lowest BCUT2D eigenvalue weighted by atomic mass is 10.2. The number of rotatable bonds is 4. The molecule has 1 aromatic carbocycles. The molecule has 15 heavy (non-hydrogen) atoms. The summed E-state index contributed by atoms with van der Waals surface area (Å²) >= 11 is 3.38. The zero-order valence-electron chi connectivity index (χ0n) is 8.13. The van der Waals surface area contributed by atoms with Crippen molar-refractivity contribution in [1.82, 2.24) is 0 Å². The molecule has 0 fully saturated rings. The molecule has 76 valence electrons. The normalized spacial score (nSPS) is 9.00. The Balaban J connectivity index is 2.56. The second kappa shape index (κ2) is 6.06. The van der Waals surface area contributed by atoms with Crippen LogP contribution < -0.4 is 5.32 Å². The van der Waals surface area contributed by atoms with Crippen molar-refractivity contribution in [1.29, 1.82) is 10.5 Å². The number of hydrogen-bond acceptors (Lipinski definition) is 3. The first-order valence-corrected chi connectivity index (χ1v) is 5.37. The van der Waals surface area contributed by atoms with Gasteiger partial charge in [0, 0.05) is 23.1 Å². The van der Waals surface area contributed by atoms with E-state index < -0.39 is 0 Å². The minimum Gasteiger partial charge on any atom is -0.384 e. The molecule has 0 saturated carbocycles. The fourth-order valence-corrected chi connectivity index (χ4v) is 1.64. The van der Waals surface area contributed by atoms with Crippen LogP contribution >= 0.6 is 15.9 Å². The van der Waals surface area contributed by atoms with Crippen LogP contribution in [0.1, 0.15) is 18.4 Å². The van der Waals surface area contributed by atoms with Gasteiger partial charge < -0.3 is 5.32 Å². The lowest BCUT2D eigenvalue weighted by molar-refractivity contribution is 0.897. The van der Waals surface area contributed by atoms with Crippen molar-refractivity contribution in [3.05, 3.63) is 28.2 Å². The molecule has 0 bridgehead atoms. The van der Waals surface area contributed by atoms with Gasteiger partial charge in [-0.1, -0.05) is 0 Å². The Labute approximate surface area is 97.5 Å². The van der Waals surface area contributed by atoms with Gasteiger partial charge >= 0.3 is 0 Å². The molecule has 0 spiro atoms. The zero-order chi connectivity index (χ0) is 11.1. The average Bonchev–Trinajstić information content (AvgIpc) is 2.26. The Bertz CT molecular complexity index is 415. The number of halogens is 1. The summed E-state index contributed by atoms with van der Waals surface area (Å²) in [5, 5.41) is 20.2. The molecule has 4 heteroatoms. The molecule has 0 aliphatic carbocycles. The first-order chi connectivity index (χ1) is 7.27. The fraction of sp³-hybridized carbons (Fsp3) is 0.273. The van der Waals surface area contributed by atoms with E-state index in [1.807, 2.05) is 6.07 Å². The summed E-state index contributed by atoms with van der Waals surface area (Å²) < 4.78 is 0.874. The highest BCUT2D eigenvalue weighted by Crippen LogP contribution is 2.23. The number of anilines is 1. The largest absolute Gasteiger partial charge is 0.384 e. The van der Waals surface area contributed by atoms with E-state index in [0.29, 0.717) is 12.0 Å². The predicted octanol–water partition coefficient (Wildman–Crippen LogP) is 3.04. The molecule has 0 saturated heterocycles. The van der Waals surface area contributed by atoms with Crippen molar-refractivity contribution < 1.29 is 0 Å². The van der Waals surface area contributed by atoms with Gasteiger partial charge in [0.1, 0.15) is 0 Å². The van der Waals surface area contributed by atoms with Crippen LogP contribution in [-0.4, -0.2) is 6.54 Å². The molecule has 0 aliphatic rings. The maximum absolute atomic E-state index is 8.67. The van der Waals surface area contributed by atoms with Crippen molar-refractivity contribution in [2.24, 2.45) is 0 Å². The first-order valence-electron chi connectivity index (χ1n) is 4.58. The summed E-state index contributed by atoms with van der Waals surface area (Å²) in [6, 6.07) is 9.55. The monoisotopic (exact) mass is 263 g/mol. The van der Waals surface area contributed by atoms with Crippen molar-refractivity contribution in [2.75, 3.05) is 11.9 Å². The number of nitrogens with zero attached hydrogens (tertiary/aromatic N) is 2. The molecule has 0 amide bonds.